The lowest BCUT2D eigenvalue weighted by Crippen LogP contribution is -2.13. The highest BCUT2D eigenvalue weighted by Gasteiger charge is 2.05. The lowest BCUT2D eigenvalue weighted by Gasteiger charge is -2.03. The van der Waals surface area contributed by atoms with Crippen molar-refractivity contribution in [2.24, 2.45) is 5.73 Å². The first-order valence-electron chi connectivity index (χ1n) is 3.33. The molecule has 0 aliphatic carbocycles. The average Bonchev–Trinajstić information content (AvgIpc) is 2.05. The van der Waals surface area contributed by atoms with Crippen LogP contribution in [0.3, 0.4) is 0 Å². The summed E-state index contributed by atoms with van der Waals surface area (Å²) in [5, 5.41) is 7.03. The number of nitrogen functional groups attached to an aromatic ring is 1. The molecule has 0 aromatic heterocycles. The van der Waals surface area contributed by atoms with Crippen LogP contribution < -0.4 is 10.5 Å². The molecule has 1 aromatic rings. The van der Waals surface area contributed by atoms with Crippen molar-refractivity contribution in [2.45, 2.75) is 0 Å². The molecule has 1 rings (SSSR count). The van der Waals surface area contributed by atoms with Crippen molar-refractivity contribution in [1.29, 1.82) is 5.41 Å². The van der Waals surface area contributed by atoms with Crippen LogP contribution in [0.2, 0.25) is 0 Å². The van der Waals surface area contributed by atoms with E-state index in [1.54, 1.807) is 0 Å². The zero-order valence-corrected chi connectivity index (χ0v) is 6.60. The molecule has 0 aliphatic rings. The molecule has 0 fully saturated rings. The van der Waals surface area contributed by atoms with Crippen LogP contribution in [0.1, 0.15) is 5.56 Å². The van der Waals surface area contributed by atoms with Crippen LogP contribution >= 0.6 is 0 Å². The number of halogens is 1. The molecule has 1 aromatic carbocycles. The van der Waals surface area contributed by atoms with E-state index >= 15 is 0 Å². The van der Waals surface area contributed by atoms with Crippen molar-refractivity contribution in [3.8, 4) is 5.75 Å². The second-order valence-electron chi connectivity index (χ2n) is 2.26. The van der Waals surface area contributed by atoms with Gasteiger partial charge in [0.2, 0.25) is 0 Å². The second-order valence-corrected chi connectivity index (χ2v) is 2.26. The van der Waals surface area contributed by atoms with Gasteiger partial charge < -0.3 is 10.5 Å². The lowest BCUT2D eigenvalue weighted by molar-refractivity contribution is 0.413. The van der Waals surface area contributed by atoms with E-state index in [1.807, 2.05) is 0 Å². The van der Waals surface area contributed by atoms with Crippen LogP contribution in [-0.2, 0) is 0 Å². The van der Waals surface area contributed by atoms with Gasteiger partial charge in [-0.1, -0.05) is 0 Å². The normalized spacial score (nSPS) is 9.50. The van der Waals surface area contributed by atoms with Crippen molar-refractivity contribution in [1.82, 2.24) is 0 Å². The van der Waals surface area contributed by atoms with Gasteiger partial charge >= 0.3 is 0 Å². The van der Waals surface area contributed by atoms with Crippen LogP contribution in [0.4, 0.5) is 4.39 Å². The largest absolute Gasteiger partial charge is 0.497 e. The topological polar surface area (TPSA) is 59.1 Å². The Labute approximate surface area is 69.5 Å². The third-order valence-electron chi connectivity index (χ3n) is 1.46. The van der Waals surface area contributed by atoms with E-state index in [4.69, 9.17) is 15.9 Å². The Balaban J connectivity index is 3.17. The number of nitrogens with two attached hydrogens (primary N) is 1. The zero-order valence-electron chi connectivity index (χ0n) is 6.60. The SMILES string of the molecule is COc1ccc(F)c(C(=N)N)c1. The molecule has 0 radical (unpaired) electrons. The standard InChI is InChI=1S/C8H9FN2O/c1-12-5-2-3-7(9)6(4-5)8(10)11/h2-4H,1H3,(H3,10,11). The first kappa shape index (κ1) is 8.52. The van der Waals surface area contributed by atoms with E-state index in [2.05, 4.69) is 0 Å². The number of ether oxygens (including phenoxy) is 1. The van der Waals surface area contributed by atoms with Crippen LogP contribution in [-0.4, -0.2) is 12.9 Å². The molecule has 3 N–H and O–H groups in total. The highest BCUT2D eigenvalue weighted by Crippen LogP contribution is 2.15. The van der Waals surface area contributed by atoms with Crippen LogP contribution in [0.5, 0.6) is 5.75 Å². The molecule has 64 valence electrons. The minimum absolute atomic E-state index is 0.0642. The highest BCUT2D eigenvalue weighted by molar-refractivity contribution is 5.95. The maximum absolute atomic E-state index is 12.9. The Hall–Kier alpha value is -1.58. The summed E-state index contributed by atoms with van der Waals surface area (Å²) in [7, 11) is 1.47. The van der Waals surface area contributed by atoms with Crippen LogP contribution in [0.25, 0.3) is 0 Å². The maximum Gasteiger partial charge on any atom is 0.134 e. The number of benzene rings is 1. The molecule has 0 atom stereocenters. The summed E-state index contributed by atoms with van der Waals surface area (Å²) < 4.78 is 17.7. The number of rotatable bonds is 2. The average molecular weight is 168 g/mol. The summed E-state index contributed by atoms with van der Waals surface area (Å²) in [5.74, 6) is -0.323. The summed E-state index contributed by atoms with van der Waals surface area (Å²) >= 11 is 0. The molecule has 12 heavy (non-hydrogen) atoms. The van der Waals surface area contributed by atoms with E-state index in [9.17, 15) is 4.39 Å². The van der Waals surface area contributed by atoms with Crippen molar-refractivity contribution in [2.75, 3.05) is 7.11 Å². The van der Waals surface area contributed by atoms with Crippen LogP contribution in [0.15, 0.2) is 18.2 Å². The quantitative estimate of drug-likeness (QED) is 0.513. The van der Waals surface area contributed by atoms with Gasteiger partial charge in [0.15, 0.2) is 0 Å². The molecular formula is C8H9FN2O. The predicted octanol–water partition coefficient (Wildman–Crippen LogP) is 1.12. The Kier molecular flexibility index (Phi) is 2.28. The number of nitrogens with one attached hydrogen (secondary N) is 1. The van der Waals surface area contributed by atoms with Gasteiger partial charge in [-0.2, -0.15) is 0 Å². The van der Waals surface area contributed by atoms with Gasteiger partial charge in [-0.15, -0.1) is 0 Å². The molecule has 0 amide bonds. The summed E-state index contributed by atoms with van der Waals surface area (Å²) in [6, 6.07) is 4.08. The Bertz CT molecular complexity index is 312. The van der Waals surface area contributed by atoms with Crippen molar-refractivity contribution >= 4 is 5.84 Å². The Morgan fingerprint density at radius 3 is 2.75 bits per heavy atom. The maximum atomic E-state index is 12.9. The third-order valence-corrected chi connectivity index (χ3v) is 1.46. The number of hydrogen-bond acceptors (Lipinski definition) is 2. The Morgan fingerprint density at radius 1 is 1.58 bits per heavy atom. The molecule has 0 spiro atoms. The van der Waals surface area contributed by atoms with Crippen molar-refractivity contribution < 1.29 is 9.13 Å². The second kappa shape index (κ2) is 3.21. The molecule has 0 aliphatic heterocycles. The monoisotopic (exact) mass is 168 g/mol. The van der Waals surface area contributed by atoms with Gasteiger partial charge in [-0.25, -0.2) is 4.39 Å². The zero-order chi connectivity index (χ0) is 9.14. The molecule has 3 nitrogen and oxygen atoms in total. The summed E-state index contributed by atoms with van der Waals surface area (Å²) in [5.41, 5.74) is 5.19. The summed E-state index contributed by atoms with van der Waals surface area (Å²) in [6.45, 7) is 0. The fourth-order valence-electron chi connectivity index (χ4n) is 0.838. The fraction of sp³-hybridized carbons (Fsp3) is 0.125. The van der Waals surface area contributed by atoms with Gasteiger partial charge in [-0.05, 0) is 18.2 Å². The summed E-state index contributed by atoms with van der Waals surface area (Å²) in [6.07, 6.45) is 0. The molecular weight excluding hydrogens is 159 g/mol. The summed E-state index contributed by atoms with van der Waals surface area (Å²) in [4.78, 5) is 0. The predicted molar refractivity (Wildman–Crippen MR) is 44.0 cm³/mol. The first-order chi connectivity index (χ1) is 5.65. The molecule has 0 saturated heterocycles. The van der Waals surface area contributed by atoms with E-state index < -0.39 is 5.82 Å². The number of amidine groups is 1. The number of hydrogen-bond donors (Lipinski definition) is 2. The van der Waals surface area contributed by atoms with Gasteiger partial charge in [0, 0.05) is 0 Å². The van der Waals surface area contributed by atoms with Crippen LogP contribution in [0, 0.1) is 11.2 Å². The minimum Gasteiger partial charge on any atom is -0.497 e. The lowest BCUT2D eigenvalue weighted by atomic mass is 10.2. The molecule has 0 bridgehead atoms. The van der Waals surface area contributed by atoms with E-state index in [1.165, 1.54) is 25.3 Å². The smallest absolute Gasteiger partial charge is 0.134 e. The van der Waals surface area contributed by atoms with E-state index in [0.29, 0.717) is 5.75 Å². The van der Waals surface area contributed by atoms with Crippen molar-refractivity contribution in [3.05, 3.63) is 29.6 Å². The van der Waals surface area contributed by atoms with Gasteiger partial charge in [0.25, 0.3) is 0 Å². The van der Waals surface area contributed by atoms with E-state index in [-0.39, 0.29) is 11.4 Å². The number of methoxy groups -OCH3 is 1. The molecule has 0 heterocycles. The third kappa shape index (κ3) is 1.53. The van der Waals surface area contributed by atoms with Gasteiger partial charge in [0.1, 0.15) is 17.4 Å². The van der Waals surface area contributed by atoms with E-state index in [0.717, 1.165) is 0 Å². The fourth-order valence-corrected chi connectivity index (χ4v) is 0.838. The molecule has 0 unspecified atom stereocenters. The van der Waals surface area contributed by atoms with Gasteiger partial charge in [0.05, 0.1) is 12.7 Å². The first-order valence-corrected chi connectivity index (χ1v) is 3.33. The minimum atomic E-state index is -0.511. The Morgan fingerprint density at radius 2 is 2.25 bits per heavy atom. The molecule has 0 saturated carbocycles. The van der Waals surface area contributed by atoms with Crippen molar-refractivity contribution in [3.63, 3.8) is 0 Å². The molecule has 4 heteroatoms. The highest BCUT2D eigenvalue weighted by atomic mass is 19.1. The van der Waals surface area contributed by atoms with Gasteiger partial charge in [-0.3, -0.25) is 5.41 Å².